The number of aromatic nitrogens is 2. The van der Waals surface area contributed by atoms with E-state index in [0.717, 1.165) is 11.1 Å². The van der Waals surface area contributed by atoms with Crippen molar-refractivity contribution in [3.05, 3.63) is 53.9 Å². The van der Waals surface area contributed by atoms with Crippen molar-refractivity contribution in [3.8, 4) is 11.3 Å². The van der Waals surface area contributed by atoms with Crippen LogP contribution in [-0.2, 0) is 16.4 Å². The Morgan fingerprint density at radius 2 is 2.04 bits per heavy atom. The number of hydrogen-bond acceptors (Lipinski definition) is 4. The van der Waals surface area contributed by atoms with Gasteiger partial charge in [-0.25, -0.2) is 18.2 Å². The normalized spacial score (nSPS) is 16.8. The highest BCUT2D eigenvalue weighted by molar-refractivity contribution is 7.92. The van der Waals surface area contributed by atoms with Crippen molar-refractivity contribution in [2.45, 2.75) is 19.4 Å². The topological polar surface area (TPSA) is 92.0 Å². The number of carbonyl (C=O) groups is 1. The molecule has 0 aliphatic carbocycles. The average Bonchev–Trinajstić information content (AvgIpc) is 3.12. The Labute approximate surface area is 150 Å². The minimum absolute atomic E-state index is 0.116. The third kappa shape index (κ3) is 2.62. The SMILES string of the molecule is CC1Cc2cc(-c3cn4ccc(C(=O)O)cc4n3)ccc2N1S(C)(=O)=O. The van der Waals surface area contributed by atoms with E-state index in [1.807, 2.05) is 31.3 Å². The van der Waals surface area contributed by atoms with E-state index < -0.39 is 16.0 Å². The number of sulfonamides is 1. The first kappa shape index (κ1) is 16.6. The summed E-state index contributed by atoms with van der Waals surface area (Å²) < 4.78 is 27.3. The molecule has 0 fully saturated rings. The quantitative estimate of drug-likeness (QED) is 0.763. The number of anilines is 1. The molecular weight excluding hydrogens is 354 g/mol. The Bertz CT molecular complexity index is 1150. The van der Waals surface area contributed by atoms with Crippen LogP contribution in [0.25, 0.3) is 16.9 Å². The van der Waals surface area contributed by atoms with E-state index in [0.29, 0.717) is 23.4 Å². The molecule has 134 valence electrons. The van der Waals surface area contributed by atoms with Gasteiger partial charge in [0, 0.05) is 24.0 Å². The molecule has 4 rings (SSSR count). The Kier molecular flexibility index (Phi) is 3.55. The van der Waals surface area contributed by atoms with E-state index in [9.17, 15) is 13.2 Å². The highest BCUT2D eigenvalue weighted by Crippen LogP contribution is 2.36. The molecule has 7 nitrogen and oxygen atoms in total. The van der Waals surface area contributed by atoms with E-state index in [4.69, 9.17) is 5.11 Å². The lowest BCUT2D eigenvalue weighted by Crippen LogP contribution is -2.34. The van der Waals surface area contributed by atoms with E-state index >= 15 is 0 Å². The molecule has 0 bridgehead atoms. The number of pyridine rings is 1. The fraction of sp³-hybridized carbons (Fsp3) is 0.222. The number of hydrogen-bond donors (Lipinski definition) is 1. The molecule has 26 heavy (non-hydrogen) atoms. The molecule has 1 aliphatic heterocycles. The number of imidazole rings is 1. The van der Waals surface area contributed by atoms with Crippen LogP contribution in [-0.4, -0.2) is 41.2 Å². The van der Waals surface area contributed by atoms with Gasteiger partial charge < -0.3 is 9.51 Å². The van der Waals surface area contributed by atoms with Crippen molar-refractivity contribution >= 4 is 27.3 Å². The summed E-state index contributed by atoms with van der Waals surface area (Å²) >= 11 is 0. The maximum atomic E-state index is 12.0. The maximum absolute atomic E-state index is 12.0. The van der Waals surface area contributed by atoms with Crippen molar-refractivity contribution in [1.82, 2.24) is 9.38 Å². The first-order chi connectivity index (χ1) is 12.2. The zero-order valence-corrected chi connectivity index (χ0v) is 15.1. The molecule has 3 heterocycles. The van der Waals surface area contributed by atoms with Gasteiger partial charge in [-0.3, -0.25) is 4.31 Å². The molecule has 0 spiro atoms. The van der Waals surface area contributed by atoms with Crippen molar-refractivity contribution in [2.75, 3.05) is 10.6 Å². The van der Waals surface area contributed by atoms with Gasteiger partial charge in [0.2, 0.25) is 10.0 Å². The second-order valence-electron chi connectivity index (χ2n) is 6.57. The molecule has 0 amide bonds. The Balaban J connectivity index is 1.77. The number of aromatic carboxylic acids is 1. The van der Waals surface area contributed by atoms with E-state index in [1.54, 1.807) is 10.6 Å². The number of rotatable bonds is 3. The lowest BCUT2D eigenvalue weighted by atomic mass is 10.1. The van der Waals surface area contributed by atoms with E-state index in [1.165, 1.54) is 22.7 Å². The highest BCUT2D eigenvalue weighted by atomic mass is 32.2. The summed E-state index contributed by atoms with van der Waals surface area (Å²) in [5.74, 6) is -0.996. The van der Waals surface area contributed by atoms with Crippen LogP contribution in [0.2, 0.25) is 0 Å². The van der Waals surface area contributed by atoms with Gasteiger partial charge in [-0.2, -0.15) is 0 Å². The van der Waals surface area contributed by atoms with Crippen LogP contribution < -0.4 is 4.31 Å². The van der Waals surface area contributed by atoms with Crippen molar-refractivity contribution < 1.29 is 18.3 Å². The summed E-state index contributed by atoms with van der Waals surface area (Å²) in [5, 5.41) is 9.10. The average molecular weight is 371 g/mol. The monoisotopic (exact) mass is 371 g/mol. The number of carboxylic acids is 1. The van der Waals surface area contributed by atoms with Gasteiger partial charge in [0.1, 0.15) is 5.65 Å². The van der Waals surface area contributed by atoms with Gasteiger partial charge >= 0.3 is 5.97 Å². The number of fused-ring (bicyclic) bond motifs is 2. The molecule has 1 aliphatic rings. The Hall–Kier alpha value is -2.87. The molecule has 1 unspecified atom stereocenters. The molecule has 1 atom stereocenters. The fourth-order valence-corrected chi connectivity index (χ4v) is 4.79. The minimum atomic E-state index is -3.32. The number of nitrogens with zero attached hydrogens (tertiary/aromatic N) is 3. The highest BCUT2D eigenvalue weighted by Gasteiger charge is 2.32. The summed E-state index contributed by atoms with van der Waals surface area (Å²) in [6.07, 6.45) is 5.35. The van der Waals surface area contributed by atoms with Crippen LogP contribution in [0.15, 0.2) is 42.7 Å². The number of benzene rings is 1. The molecule has 1 N–H and O–H groups in total. The van der Waals surface area contributed by atoms with Gasteiger partial charge in [0.05, 0.1) is 23.2 Å². The van der Waals surface area contributed by atoms with Gasteiger partial charge in [-0.15, -0.1) is 0 Å². The Morgan fingerprint density at radius 1 is 1.27 bits per heavy atom. The van der Waals surface area contributed by atoms with Gasteiger partial charge in [-0.05, 0) is 43.2 Å². The first-order valence-corrected chi connectivity index (χ1v) is 9.93. The molecule has 1 aromatic carbocycles. The van der Waals surface area contributed by atoms with Crippen LogP contribution in [0.1, 0.15) is 22.8 Å². The molecule has 0 saturated carbocycles. The smallest absolute Gasteiger partial charge is 0.335 e. The predicted octanol–water partition coefficient (Wildman–Crippen LogP) is 2.41. The van der Waals surface area contributed by atoms with E-state index in [2.05, 4.69) is 4.98 Å². The zero-order valence-electron chi connectivity index (χ0n) is 14.2. The summed E-state index contributed by atoms with van der Waals surface area (Å²) in [7, 11) is -3.32. The third-order valence-electron chi connectivity index (χ3n) is 4.59. The van der Waals surface area contributed by atoms with Crippen molar-refractivity contribution in [3.63, 3.8) is 0 Å². The lowest BCUT2D eigenvalue weighted by molar-refractivity contribution is 0.0697. The maximum Gasteiger partial charge on any atom is 0.335 e. The fourth-order valence-electron chi connectivity index (χ4n) is 3.52. The Morgan fingerprint density at radius 3 is 2.73 bits per heavy atom. The summed E-state index contributed by atoms with van der Waals surface area (Å²) in [5.41, 5.74) is 3.98. The molecule has 2 aromatic heterocycles. The summed E-state index contributed by atoms with van der Waals surface area (Å²) in [6, 6.07) is 8.53. The standard InChI is InChI=1S/C18H17N3O4S/c1-11-7-14-8-12(3-4-16(14)21(11)26(2,24)25)15-10-20-6-5-13(18(22)23)9-17(20)19-15/h3-6,8-11H,7H2,1-2H3,(H,22,23). The van der Waals surface area contributed by atoms with Gasteiger partial charge in [0.15, 0.2) is 0 Å². The lowest BCUT2D eigenvalue weighted by Gasteiger charge is -2.21. The van der Waals surface area contributed by atoms with E-state index in [-0.39, 0.29) is 11.6 Å². The van der Waals surface area contributed by atoms with Crippen LogP contribution in [0, 0.1) is 0 Å². The van der Waals surface area contributed by atoms with Crippen molar-refractivity contribution in [1.29, 1.82) is 0 Å². The predicted molar refractivity (Wildman–Crippen MR) is 98.1 cm³/mol. The molecular formula is C18H17N3O4S. The van der Waals surface area contributed by atoms with Gasteiger partial charge in [-0.1, -0.05) is 6.07 Å². The van der Waals surface area contributed by atoms with Crippen LogP contribution in [0.3, 0.4) is 0 Å². The second kappa shape index (κ2) is 5.57. The van der Waals surface area contributed by atoms with Crippen LogP contribution in [0.5, 0.6) is 0 Å². The molecule has 3 aromatic rings. The number of carboxylic acid groups (broad SMARTS) is 1. The second-order valence-corrected chi connectivity index (χ2v) is 8.43. The van der Waals surface area contributed by atoms with Crippen LogP contribution in [0.4, 0.5) is 5.69 Å². The van der Waals surface area contributed by atoms with Crippen LogP contribution >= 0.6 is 0 Å². The largest absolute Gasteiger partial charge is 0.478 e. The summed E-state index contributed by atoms with van der Waals surface area (Å²) in [6.45, 7) is 1.89. The summed E-state index contributed by atoms with van der Waals surface area (Å²) in [4.78, 5) is 15.6. The third-order valence-corrected chi connectivity index (χ3v) is 5.86. The molecule has 0 radical (unpaired) electrons. The minimum Gasteiger partial charge on any atom is -0.478 e. The zero-order chi connectivity index (χ0) is 18.6. The van der Waals surface area contributed by atoms with Crippen molar-refractivity contribution in [2.24, 2.45) is 0 Å². The molecule has 0 saturated heterocycles. The van der Waals surface area contributed by atoms with Gasteiger partial charge in [0.25, 0.3) is 0 Å². The first-order valence-electron chi connectivity index (χ1n) is 8.09. The molecule has 8 heteroatoms.